The van der Waals surface area contributed by atoms with Crippen LogP contribution in [0.2, 0.25) is 0 Å². The van der Waals surface area contributed by atoms with Gasteiger partial charge in [-0.25, -0.2) is 0 Å². The van der Waals surface area contributed by atoms with Crippen LogP contribution in [0.1, 0.15) is 52.9 Å². The van der Waals surface area contributed by atoms with Gasteiger partial charge in [0.1, 0.15) is 0 Å². The average Bonchev–Trinajstić information content (AvgIpc) is 2.08. The highest BCUT2D eigenvalue weighted by atomic mass is 15.1. The normalized spacial score (nSPS) is 11.5. The van der Waals surface area contributed by atoms with Crippen molar-refractivity contribution in [2.24, 2.45) is 5.92 Å². The molecule has 0 saturated heterocycles. The fourth-order valence-corrected chi connectivity index (χ4v) is 1.47. The molecule has 0 aliphatic rings. The van der Waals surface area contributed by atoms with Gasteiger partial charge in [0.15, 0.2) is 0 Å². The van der Waals surface area contributed by atoms with E-state index in [0.717, 1.165) is 5.92 Å². The van der Waals surface area contributed by atoms with Gasteiger partial charge in [-0.1, -0.05) is 40.0 Å². The Morgan fingerprint density at radius 1 is 1.00 bits per heavy atom. The van der Waals surface area contributed by atoms with Crippen LogP contribution in [0.15, 0.2) is 0 Å². The van der Waals surface area contributed by atoms with E-state index < -0.39 is 0 Å². The smallest absolute Gasteiger partial charge is 0.00218 e. The van der Waals surface area contributed by atoms with Gasteiger partial charge in [-0.15, -0.1) is 0 Å². The Balaban J connectivity index is 3.12. The molecular formula is C12H27N. The molecule has 0 fully saturated rings. The molecule has 80 valence electrons. The number of hydrogen-bond donors (Lipinski definition) is 0. The summed E-state index contributed by atoms with van der Waals surface area (Å²) in [6.07, 6.45) is 6.82. The van der Waals surface area contributed by atoms with E-state index >= 15 is 0 Å². The summed E-state index contributed by atoms with van der Waals surface area (Å²) in [6, 6.07) is 0. The summed E-state index contributed by atoms with van der Waals surface area (Å²) in [6.45, 7) is 9.43. The fraction of sp³-hybridized carbons (Fsp3) is 1.00. The van der Waals surface area contributed by atoms with Crippen molar-refractivity contribution in [1.29, 1.82) is 0 Å². The maximum absolute atomic E-state index is 2.46. The zero-order valence-electron chi connectivity index (χ0n) is 9.97. The maximum atomic E-state index is 2.46. The number of unbranched alkanes of at least 4 members (excludes halogenated alkanes) is 2. The molecule has 0 aliphatic heterocycles. The van der Waals surface area contributed by atoms with E-state index in [4.69, 9.17) is 0 Å². The highest BCUT2D eigenvalue weighted by molar-refractivity contribution is 4.53. The monoisotopic (exact) mass is 185 g/mol. The van der Waals surface area contributed by atoms with Crippen molar-refractivity contribution in [3.63, 3.8) is 0 Å². The van der Waals surface area contributed by atoms with Crippen molar-refractivity contribution in [2.75, 3.05) is 20.1 Å². The van der Waals surface area contributed by atoms with Gasteiger partial charge in [-0.05, 0) is 38.9 Å². The lowest BCUT2D eigenvalue weighted by Gasteiger charge is -2.15. The lowest BCUT2D eigenvalue weighted by atomic mass is 10.1. The molecule has 1 heteroatoms. The zero-order chi connectivity index (χ0) is 10.1. The summed E-state index contributed by atoms with van der Waals surface area (Å²) >= 11 is 0. The molecule has 0 heterocycles. The highest BCUT2D eigenvalue weighted by Gasteiger charge is 1.98. The molecule has 0 aromatic rings. The van der Waals surface area contributed by atoms with Crippen LogP contribution < -0.4 is 0 Å². The molecule has 1 nitrogen and oxygen atoms in total. The molecule has 0 unspecified atom stereocenters. The first-order chi connectivity index (χ1) is 6.16. The summed E-state index contributed by atoms with van der Waals surface area (Å²) in [4.78, 5) is 2.46. The van der Waals surface area contributed by atoms with Crippen LogP contribution in [0.3, 0.4) is 0 Å². The third-order valence-corrected chi connectivity index (χ3v) is 2.46. The van der Waals surface area contributed by atoms with E-state index in [-0.39, 0.29) is 0 Å². The minimum atomic E-state index is 0.876. The molecule has 0 bridgehead atoms. The minimum Gasteiger partial charge on any atom is -0.306 e. The van der Waals surface area contributed by atoms with Crippen molar-refractivity contribution >= 4 is 0 Å². The molecule has 0 aliphatic carbocycles. The first kappa shape index (κ1) is 13.0. The zero-order valence-corrected chi connectivity index (χ0v) is 9.97. The predicted molar refractivity (Wildman–Crippen MR) is 61.1 cm³/mol. The van der Waals surface area contributed by atoms with E-state index in [1.807, 2.05) is 0 Å². The van der Waals surface area contributed by atoms with E-state index in [1.165, 1.54) is 45.2 Å². The van der Waals surface area contributed by atoms with Gasteiger partial charge >= 0.3 is 0 Å². The molecule has 0 atom stereocenters. The molecule has 0 rings (SSSR count). The summed E-state index contributed by atoms with van der Waals surface area (Å²) in [7, 11) is 2.24. The number of hydrogen-bond acceptors (Lipinski definition) is 1. The molecule has 0 N–H and O–H groups in total. The van der Waals surface area contributed by atoms with Crippen LogP contribution in [0, 0.1) is 5.92 Å². The summed E-state index contributed by atoms with van der Waals surface area (Å²) in [5.74, 6) is 0.876. The second kappa shape index (κ2) is 8.55. The van der Waals surface area contributed by atoms with Crippen molar-refractivity contribution in [1.82, 2.24) is 4.90 Å². The molecule has 13 heavy (non-hydrogen) atoms. The third kappa shape index (κ3) is 9.88. The lowest BCUT2D eigenvalue weighted by Crippen LogP contribution is -2.20. The topological polar surface area (TPSA) is 3.24 Å². The SMILES string of the molecule is CCCCN(C)CCCCC(C)C. The third-order valence-electron chi connectivity index (χ3n) is 2.46. The van der Waals surface area contributed by atoms with E-state index in [9.17, 15) is 0 Å². The Morgan fingerprint density at radius 2 is 1.62 bits per heavy atom. The second-order valence-electron chi connectivity index (χ2n) is 4.55. The second-order valence-corrected chi connectivity index (χ2v) is 4.55. The molecule has 0 saturated carbocycles. The molecule has 0 radical (unpaired) electrons. The van der Waals surface area contributed by atoms with E-state index in [1.54, 1.807) is 0 Å². The first-order valence-electron chi connectivity index (χ1n) is 5.85. The van der Waals surface area contributed by atoms with Crippen LogP contribution in [-0.4, -0.2) is 25.0 Å². The van der Waals surface area contributed by atoms with Crippen molar-refractivity contribution in [3.05, 3.63) is 0 Å². The number of rotatable bonds is 8. The lowest BCUT2D eigenvalue weighted by molar-refractivity contribution is 0.315. The van der Waals surface area contributed by atoms with E-state index in [0.29, 0.717) is 0 Å². The minimum absolute atomic E-state index is 0.876. The summed E-state index contributed by atoms with van der Waals surface area (Å²) < 4.78 is 0. The average molecular weight is 185 g/mol. The Hall–Kier alpha value is -0.0400. The Morgan fingerprint density at radius 3 is 2.15 bits per heavy atom. The van der Waals surface area contributed by atoms with Gasteiger partial charge in [-0.3, -0.25) is 0 Å². The highest BCUT2D eigenvalue weighted by Crippen LogP contribution is 2.06. The van der Waals surface area contributed by atoms with Crippen LogP contribution in [0.4, 0.5) is 0 Å². The van der Waals surface area contributed by atoms with Crippen LogP contribution in [0.5, 0.6) is 0 Å². The molecule has 0 aromatic carbocycles. The van der Waals surface area contributed by atoms with E-state index in [2.05, 4.69) is 32.7 Å². The largest absolute Gasteiger partial charge is 0.306 e. The van der Waals surface area contributed by atoms with Gasteiger partial charge in [0, 0.05) is 0 Å². The Kier molecular flexibility index (Phi) is 8.53. The van der Waals surface area contributed by atoms with Crippen LogP contribution in [0.25, 0.3) is 0 Å². The number of nitrogens with zero attached hydrogens (tertiary/aromatic N) is 1. The van der Waals surface area contributed by atoms with Crippen molar-refractivity contribution in [3.8, 4) is 0 Å². The molecule has 0 amide bonds. The van der Waals surface area contributed by atoms with Gasteiger partial charge in [-0.2, -0.15) is 0 Å². The predicted octanol–water partition coefficient (Wildman–Crippen LogP) is 3.54. The van der Waals surface area contributed by atoms with Crippen molar-refractivity contribution < 1.29 is 0 Å². The Bertz CT molecular complexity index is 99.3. The van der Waals surface area contributed by atoms with Gasteiger partial charge in [0.25, 0.3) is 0 Å². The molecular weight excluding hydrogens is 158 g/mol. The summed E-state index contributed by atoms with van der Waals surface area (Å²) in [5, 5.41) is 0. The standard InChI is InChI=1S/C12H27N/c1-5-6-10-13(4)11-8-7-9-12(2)3/h12H,5-11H2,1-4H3. The van der Waals surface area contributed by atoms with Crippen LogP contribution >= 0.6 is 0 Å². The fourth-order valence-electron chi connectivity index (χ4n) is 1.47. The summed E-state index contributed by atoms with van der Waals surface area (Å²) in [5.41, 5.74) is 0. The Labute approximate surface area is 84.5 Å². The van der Waals surface area contributed by atoms with Crippen LogP contribution in [-0.2, 0) is 0 Å². The maximum Gasteiger partial charge on any atom is -0.00218 e. The molecule has 0 spiro atoms. The van der Waals surface area contributed by atoms with Gasteiger partial charge in [0.05, 0.1) is 0 Å². The van der Waals surface area contributed by atoms with Gasteiger partial charge in [0.2, 0.25) is 0 Å². The van der Waals surface area contributed by atoms with Crippen molar-refractivity contribution in [2.45, 2.75) is 52.9 Å². The first-order valence-corrected chi connectivity index (χ1v) is 5.85. The quantitative estimate of drug-likeness (QED) is 0.523. The van der Waals surface area contributed by atoms with Gasteiger partial charge < -0.3 is 4.90 Å². The molecule has 0 aromatic heterocycles.